The van der Waals surface area contributed by atoms with E-state index in [-0.39, 0.29) is 42.0 Å². The average Bonchev–Trinajstić information content (AvgIpc) is 2.57. The summed E-state index contributed by atoms with van der Waals surface area (Å²) < 4.78 is 29.6. The second-order valence-corrected chi connectivity index (χ2v) is 8.54. The fraction of sp³-hybridized carbons (Fsp3) is 0.850. The smallest absolute Gasteiger partial charge is 0.355 e. The minimum Gasteiger partial charge on any atom is -0.355 e. The fourth-order valence-corrected chi connectivity index (χ4v) is 3.12. The van der Waals surface area contributed by atoms with Crippen molar-refractivity contribution in [1.29, 1.82) is 0 Å². The predicted molar refractivity (Wildman–Crippen MR) is 109 cm³/mol. The maximum atomic E-state index is 11.5. The quantitative estimate of drug-likeness (QED) is 0.156. The first-order valence-corrected chi connectivity index (χ1v) is 11.9. The molecule has 0 spiro atoms. The van der Waals surface area contributed by atoms with E-state index in [9.17, 15) is 13.2 Å². The zero-order chi connectivity index (χ0) is 19.5. The zero-order valence-corrected chi connectivity index (χ0v) is 20.4. The Labute approximate surface area is 189 Å². The molecule has 0 bridgehead atoms. The van der Waals surface area contributed by atoms with E-state index in [2.05, 4.69) is 24.4 Å². The van der Waals surface area contributed by atoms with Crippen molar-refractivity contribution < 1.29 is 47.3 Å². The van der Waals surface area contributed by atoms with Crippen molar-refractivity contribution >= 4 is 16.0 Å². The van der Waals surface area contributed by atoms with E-state index in [1.165, 1.54) is 57.8 Å². The van der Waals surface area contributed by atoms with Crippen LogP contribution in [0.15, 0.2) is 12.2 Å². The van der Waals surface area contributed by atoms with Gasteiger partial charge in [0.1, 0.15) is 0 Å². The number of carbonyl (C=O) groups excluding carboxylic acids is 1. The molecule has 0 aliphatic heterocycles. The molecular formula is C20H39NNaO4S+. The molecule has 5 nitrogen and oxygen atoms in total. The van der Waals surface area contributed by atoms with Crippen molar-refractivity contribution in [2.75, 3.05) is 12.3 Å². The normalized spacial score (nSPS) is 11.5. The summed E-state index contributed by atoms with van der Waals surface area (Å²) in [4.78, 5) is 11.5. The summed E-state index contributed by atoms with van der Waals surface area (Å²) in [5.74, 6) is -0.572. The van der Waals surface area contributed by atoms with Crippen molar-refractivity contribution in [1.82, 2.24) is 5.32 Å². The Bertz CT molecular complexity index is 467. The second-order valence-electron chi connectivity index (χ2n) is 6.97. The van der Waals surface area contributed by atoms with Gasteiger partial charge in [-0.3, -0.25) is 9.35 Å². The molecule has 0 fully saturated rings. The van der Waals surface area contributed by atoms with Gasteiger partial charge in [0, 0.05) is 13.0 Å². The van der Waals surface area contributed by atoms with Crippen molar-refractivity contribution in [3.8, 4) is 0 Å². The Kier molecular flexibility index (Phi) is 22.6. The minimum atomic E-state index is -3.99. The first-order valence-electron chi connectivity index (χ1n) is 10.3. The second kappa shape index (κ2) is 20.8. The van der Waals surface area contributed by atoms with E-state index in [1.54, 1.807) is 0 Å². The predicted octanol–water partition coefficient (Wildman–Crippen LogP) is 2.03. The van der Waals surface area contributed by atoms with Crippen LogP contribution in [0.1, 0.15) is 96.8 Å². The van der Waals surface area contributed by atoms with Gasteiger partial charge in [0.15, 0.2) is 0 Å². The van der Waals surface area contributed by atoms with Crippen LogP contribution < -0.4 is 34.9 Å². The van der Waals surface area contributed by atoms with Crippen LogP contribution in [-0.4, -0.2) is 31.2 Å². The number of hydrogen-bond donors (Lipinski definition) is 2. The molecule has 0 aliphatic carbocycles. The molecule has 27 heavy (non-hydrogen) atoms. The van der Waals surface area contributed by atoms with Gasteiger partial charge in [0.05, 0.1) is 5.75 Å². The zero-order valence-electron chi connectivity index (χ0n) is 17.5. The van der Waals surface area contributed by atoms with Gasteiger partial charge >= 0.3 is 29.6 Å². The van der Waals surface area contributed by atoms with E-state index in [1.807, 2.05) is 0 Å². The van der Waals surface area contributed by atoms with Gasteiger partial charge in [-0.05, 0) is 32.1 Å². The monoisotopic (exact) mass is 412 g/mol. The molecule has 154 valence electrons. The van der Waals surface area contributed by atoms with Crippen LogP contribution in [0.2, 0.25) is 0 Å². The number of amides is 1. The minimum absolute atomic E-state index is 0. The van der Waals surface area contributed by atoms with Gasteiger partial charge in [-0.2, -0.15) is 8.42 Å². The van der Waals surface area contributed by atoms with Crippen molar-refractivity contribution in [2.24, 2.45) is 0 Å². The largest absolute Gasteiger partial charge is 1.00 e. The summed E-state index contributed by atoms with van der Waals surface area (Å²) in [7, 11) is -3.99. The summed E-state index contributed by atoms with van der Waals surface area (Å²) in [6, 6.07) is 0. The van der Waals surface area contributed by atoms with Gasteiger partial charge < -0.3 is 5.32 Å². The molecule has 0 unspecified atom stereocenters. The van der Waals surface area contributed by atoms with Crippen LogP contribution in [0, 0.1) is 0 Å². The average molecular weight is 413 g/mol. The number of allylic oxidation sites excluding steroid dienone is 2. The summed E-state index contributed by atoms with van der Waals surface area (Å²) in [6.07, 6.45) is 20.9. The summed E-state index contributed by atoms with van der Waals surface area (Å²) in [6.45, 7) is 2.22. The third kappa shape index (κ3) is 26.1. The molecular weight excluding hydrogens is 373 g/mol. The van der Waals surface area contributed by atoms with Crippen LogP contribution in [0.5, 0.6) is 0 Å². The SMILES string of the molecule is CCCCCCCCC=CCCCCCCCC(=O)NCCS(=O)(=O)O.[Na+]. The summed E-state index contributed by atoms with van der Waals surface area (Å²) >= 11 is 0. The van der Waals surface area contributed by atoms with Crippen LogP contribution in [0.3, 0.4) is 0 Å². The molecule has 2 N–H and O–H groups in total. The first kappa shape index (κ1) is 29.3. The Balaban J connectivity index is 0. The fourth-order valence-electron chi connectivity index (χ4n) is 2.76. The Hall–Kier alpha value is 0.120. The molecule has 0 aromatic rings. The van der Waals surface area contributed by atoms with E-state index < -0.39 is 15.9 Å². The molecule has 0 aliphatic rings. The molecule has 0 saturated heterocycles. The van der Waals surface area contributed by atoms with Crippen molar-refractivity contribution in [2.45, 2.75) is 96.8 Å². The number of hydrogen-bond acceptors (Lipinski definition) is 3. The summed E-state index contributed by atoms with van der Waals surface area (Å²) in [5.41, 5.74) is 0. The molecule has 7 heteroatoms. The van der Waals surface area contributed by atoms with E-state index >= 15 is 0 Å². The Morgan fingerprint density at radius 2 is 1.33 bits per heavy atom. The molecule has 0 radical (unpaired) electrons. The molecule has 0 rings (SSSR count). The molecule has 0 aromatic carbocycles. The van der Waals surface area contributed by atoms with Crippen LogP contribution >= 0.6 is 0 Å². The molecule has 0 aromatic heterocycles. The van der Waals surface area contributed by atoms with Gasteiger partial charge in [-0.15, -0.1) is 0 Å². The number of carbonyl (C=O) groups is 1. The number of rotatable bonds is 18. The third-order valence-corrected chi connectivity index (χ3v) is 5.07. The van der Waals surface area contributed by atoms with Gasteiger partial charge in [-0.25, -0.2) is 0 Å². The topological polar surface area (TPSA) is 83.5 Å². The van der Waals surface area contributed by atoms with E-state index in [4.69, 9.17) is 4.55 Å². The number of unbranched alkanes of at least 4 members (excludes halogenated alkanes) is 11. The van der Waals surface area contributed by atoms with Crippen LogP contribution in [0.25, 0.3) is 0 Å². The standard InChI is InChI=1S/C20H39NO4S.Na/c1-2-3-4-5-6-7-8-9-10-11-12-13-14-15-16-17-20(22)21-18-19-26(23,24)25;/h9-10H,2-8,11-19H2,1H3,(H,21,22)(H,23,24,25);/q;+1. The van der Waals surface area contributed by atoms with Crippen molar-refractivity contribution in [3.05, 3.63) is 12.2 Å². The molecule has 0 saturated carbocycles. The maximum Gasteiger partial charge on any atom is 1.00 e. The van der Waals surface area contributed by atoms with Gasteiger partial charge in [-0.1, -0.05) is 70.4 Å². The molecule has 1 amide bonds. The van der Waals surface area contributed by atoms with Crippen LogP contribution in [0.4, 0.5) is 0 Å². The first-order chi connectivity index (χ1) is 12.5. The van der Waals surface area contributed by atoms with Gasteiger partial charge in [0.25, 0.3) is 10.1 Å². The Morgan fingerprint density at radius 3 is 1.85 bits per heavy atom. The molecule has 0 heterocycles. The summed E-state index contributed by atoms with van der Waals surface area (Å²) in [5, 5.41) is 2.50. The van der Waals surface area contributed by atoms with Crippen molar-refractivity contribution in [3.63, 3.8) is 0 Å². The van der Waals surface area contributed by atoms with Gasteiger partial charge in [0.2, 0.25) is 5.91 Å². The maximum absolute atomic E-state index is 11.5. The van der Waals surface area contributed by atoms with E-state index in [0.717, 1.165) is 25.7 Å². The Morgan fingerprint density at radius 1 is 0.852 bits per heavy atom. The van der Waals surface area contributed by atoms with Crippen LogP contribution in [-0.2, 0) is 14.9 Å². The van der Waals surface area contributed by atoms with E-state index in [0.29, 0.717) is 6.42 Å². The third-order valence-electron chi connectivity index (χ3n) is 4.35. The molecule has 0 atom stereocenters. The number of nitrogens with one attached hydrogen (secondary N) is 1.